The minimum Gasteiger partial charge on any atom is -0.495 e. The fourth-order valence-corrected chi connectivity index (χ4v) is 4.15. The Kier molecular flexibility index (Phi) is 7.96. The molecule has 0 fully saturated rings. The molecule has 1 heterocycles. The first-order valence-electron chi connectivity index (χ1n) is 10.8. The third kappa shape index (κ3) is 6.36. The zero-order valence-electron chi connectivity index (χ0n) is 19.4. The lowest BCUT2D eigenvalue weighted by molar-refractivity contribution is -0.113. The number of methoxy groups -OCH3 is 1. The predicted molar refractivity (Wildman–Crippen MR) is 134 cm³/mol. The Morgan fingerprint density at radius 1 is 1.12 bits per heavy atom. The highest BCUT2D eigenvalue weighted by Gasteiger charge is 2.28. The summed E-state index contributed by atoms with van der Waals surface area (Å²) in [5.74, 6) is 1.59. The third-order valence-electron chi connectivity index (χ3n) is 4.83. The zero-order chi connectivity index (χ0) is 23.1. The summed E-state index contributed by atoms with van der Waals surface area (Å²) >= 11 is 1.39. The molecular formula is C25H31N3O3S. The second-order valence-corrected chi connectivity index (χ2v) is 9.10. The van der Waals surface area contributed by atoms with Gasteiger partial charge in [0.1, 0.15) is 22.2 Å². The number of aliphatic imine (C=N–C) groups is 2. The van der Waals surface area contributed by atoms with E-state index in [0.29, 0.717) is 18.0 Å². The van der Waals surface area contributed by atoms with E-state index in [2.05, 4.69) is 12.2 Å². The van der Waals surface area contributed by atoms with Crippen molar-refractivity contribution >= 4 is 34.1 Å². The number of carbonyl (C=O) groups is 1. The van der Waals surface area contributed by atoms with Gasteiger partial charge in [-0.05, 0) is 69.2 Å². The lowest BCUT2D eigenvalue weighted by atomic mass is 10.1. The van der Waals surface area contributed by atoms with E-state index in [4.69, 9.17) is 19.5 Å². The Hall–Kier alpha value is -2.80. The largest absolute Gasteiger partial charge is 0.495 e. The molecule has 0 aliphatic carbocycles. The van der Waals surface area contributed by atoms with Crippen molar-refractivity contribution in [3.05, 3.63) is 53.6 Å². The van der Waals surface area contributed by atoms with Crippen LogP contribution in [0.3, 0.4) is 0 Å². The normalized spacial score (nSPS) is 14.5. The highest BCUT2D eigenvalue weighted by atomic mass is 32.2. The van der Waals surface area contributed by atoms with Gasteiger partial charge in [0.25, 0.3) is 0 Å². The van der Waals surface area contributed by atoms with Gasteiger partial charge in [-0.25, -0.2) is 4.99 Å². The van der Waals surface area contributed by atoms with Crippen molar-refractivity contribution in [1.82, 2.24) is 0 Å². The lowest BCUT2D eigenvalue weighted by Crippen LogP contribution is -2.18. The second-order valence-electron chi connectivity index (χ2n) is 8.14. The van der Waals surface area contributed by atoms with Crippen LogP contribution < -0.4 is 14.8 Å². The molecule has 32 heavy (non-hydrogen) atoms. The summed E-state index contributed by atoms with van der Waals surface area (Å²) < 4.78 is 11.1. The molecular weight excluding hydrogens is 422 g/mol. The molecule has 1 amide bonds. The number of benzene rings is 2. The standard InChI is InChI=1S/C25H31N3O3S/c1-6-7-14-31-19-11-9-18(10-12-19)23-24(28-25(3,4)27-23)32-16-22(29)26-20-15-17(2)8-13-21(20)30-5/h8-13,15H,6-7,14,16H2,1-5H3,(H,26,29). The quantitative estimate of drug-likeness (QED) is 0.510. The highest BCUT2D eigenvalue weighted by molar-refractivity contribution is 8.16. The molecule has 2 aromatic carbocycles. The number of thioether (sulfide) groups is 1. The van der Waals surface area contributed by atoms with Crippen LogP contribution in [0.4, 0.5) is 5.69 Å². The van der Waals surface area contributed by atoms with Crippen molar-refractivity contribution in [3.63, 3.8) is 0 Å². The molecule has 0 bridgehead atoms. The first kappa shape index (κ1) is 23.9. The molecule has 170 valence electrons. The Labute approximate surface area is 194 Å². The van der Waals surface area contributed by atoms with Crippen molar-refractivity contribution in [2.45, 2.75) is 46.2 Å². The van der Waals surface area contributed by atoms with Crippen molar-refractivity contribution in [3.8, 4) is 11.5 Å². The first-order valence-corrected chi connectivity index (χ1v) is 11.8. The number of nitrogens with zero attached hydrogens (tertiary/aromatic N) is 2. The number of unbranched alkanes of at least 4 members (excludes halogenated alkanes) is 1. The molecule has 0 radical (unpaired) electrons. The maximum atomic E-state index is 12.6. The molecule has 3 rings (SSSR count). The molecule has 1 aliphatic rings. The maximum Gasteiger partial charge on any atom is 0.234 e. The smallest absolute Gasteiger partial charge is 0.234 e. The van der Waals surface area contributed by atoms with Gasteiger partial charge < -0.3 is 14.8 Å². The van der Waals surface area contributed by atoms with Gasteiger partial charge in [0, 0.05) is 5.56 Å². The number of anilines is 1. The summed E-state index contributed by atoms with van der Waals surface area (Å²) in [7, 11) is 1.59. The van der Waals surface area contributed by atoms with Gasteiger partial charge >= 0.3 is 0 Å². The van der Waals surface area contributed by atoms with Crippen LogP contribution in [0.2, 0.25) is 0 Å². The van der Waals surface area contributed by atoms with Crippen LogP contribution >= 0.6 is 11.8 Å². The number of carbonyl (C=O) groups excluding carboxylic acids is 1. The fraction of sp³-hybridized carbons (Fsp3) is 0.400. The topological polar surface area (TPSA) is 72.3 Å². The number of ether oxygens (including phenoxy) is 2. The Bertz CT molecular complexity index is 1010. The molecule has 2 aromatic rings. The average molecular weight is 454 g/mol. The highest BCUT2D eigenvalue weighted by Crippen LogP contribution is 2.29. The fourth-order valence-electron chi connectivity index (χ4n) is 3.22. The van der Waals surface area contributed by atoms with Crippen molar-refractivity contribution in [1.29, 1.82) is 0 Å². The summed E-state index contributed by atoms with van der Waals surface area (Å²) in [5.41, 5.74) is 2.93. The van der Waals surface area contributed by atoms with Crippen LogP contribution in [0.5, 0.6) is 11.5 Å². The Morgan fingerprint density at radius 3 is 2.56 bits per heavy atom. The van der Waals surface area contributed by atoms with E-state index in [-0.39, 0.29) is 11.7 Å². The first-order chi connectivity index (χ1) is 15.3. The molecule has 0 aromatic heterocycles. The van der Waals surface area contributed by atoms with E-state index in [0.717, 1.165) is 40.5 Å². The second kappa shape index (κ2) is 10.7. The van der Waals surface area contributed by atoms with Gasteiger partial charge in [-0.1, -0.05) is 31.2 Å². The van der Waals surface area contributed by atoms with Gasteiger partial charge in [0.05, 0.1) is 30.9 Å². The number of nitrogens with one attached hydrogen (secondary N) is 1. The van der Waals surface area contributed by atoms with Crippen molar-refractivity contribution < 1.29 is 14.3 Å². The average Bonchev–Trinajstić information content (AvgIpc) is 3.07. The molecule has 0 saturated carbocycles. The number of rotatable bonds is 9. The van der Waals surface area contributed by atoms with Crippen molar-refractivity contribution in [2.75, 3.05) is 24.8 Å². The van der Waals surface area contributed by atoms with E-state index < -0.39 is 5.66 Å². The molecule has 0 spiro atoms. The van der Waals surface area contributed by atoms with Crippen LogP contribution in [0.25, 0.3) is 0 Å². The van der Waals surface area contributed by atoms with E-state index in [1.165, 1.54) is 11.8 Å². The van der Waals surface area contributed by atoms with E-state index in [1.54, 1.807) is 7.11 Å². The summed E-state index contributed by atoms with van der Waals surface area (Å²) in [6.07, 6.45) is 2.14. The molecule has 7 heteroatoms. The number of hydrogen-bond donors (Lipinski definition) is 1. The van der Waals surface area contributed by atoms with Crippen LogP contribution in [0.1, 0.15) is 44.7 Å². The van der Waals surface area contributed by atoms with Gasteiger partial charge in [-0.2, -0.15) is 0 Å². The molecule has 1 N–H and O–H groups in total. The number of aryl methyl sites for hydroxylation is 1. The van der Waals surface area contributed by atoms with Gasteiger partial charge in [-0.3, -0.25) is 9.79 Å². The van der Waals surface area contributed by atoms with Crippen LogP contribution in [0, 0.1) is 6.92 Å². The zero-order valence-corrected chi connectivity index (χ0v) is 20.2. The Morgan fingerprint density at radius 2 is 1.88 bits per heavy atom. The lowest BCUT2D eigenvalue weighted by Gasteiger charge is -2.11. The number of hydrogen-bond acceptors (Lipinski definition) is 6. The van der Waals surface area contributed by atoms with Gasteiger partial charge in [0.2, 0.25) is 5.91 Å². The molecule has 0 atom stereocenters. The van der Waals surface area contributed by atoms with E-state index >= 15 is 0 Å². The molecule has 0 unspecified atom stereocenters. The van der Waals surface area contributed by atoms with Gasteiger partial charge in [0.15, 0.2) is 0 Å². The van der Waals surface area contributed by atoms with Crippen LogP contribution in [-0.2, 0) is 4.79 Å². The van der Waals surface area contributed by atoms with Crippen LogP contribution in [-0.4, -0.2) is 41.8 Å². The SMILES string of the molecule is CCCCOc1ccc(C2=NC(C)(C)N=C2SCC(=O)Nc2cc(C)ccc2OC)cc1. The summed E-state index contributed by atoms with van der Waals surface area (Å²) in [5, 5.41) is 3.70. The third-order valence-corrected chi connectivity index (χ3v) is 5.79. The monoisotopic (exact) mass is 453 g/mol. The molecule has 6 nitrogen and oxygen atoms in total. The van der Waals surface area contributed by atoms with E-state index in [9.17, 15) is 4.79 Å². The number of amides is 1. The summed E-state index contributed by atoms with van der Waals surface area (Å²) in [6, 6.07) is 13.6. The summed E-state index contributed by atoms with van der Waals surface area (Å²) in [6.45, 7) is 8.75. The van der Waals surface area contributed by atoms with Crippen LogP contribution in [0.15, 0.2) is 52.4 Å². The minimum absolute atomic E-state index is 0.120. The summed E-state index contributed by atoms with van der Waals surface area (Å²) in [4.78, 5) is 22.1. The maximum absolute atomic E-state index is 12.6. The van der Waals surface area contributed by atoms with Crippen molar-refractivity contribution in [2.24, 2.45) is 9.98 Å². The predicted octanol–water partition coefficient (Wildman–Crippen LogP) is 5.49. The van der Waals surface area contributed by atoms with E-state index in [1.807, 2.05) is 63.2 Å². The minimum atomic E-state index is -0.551. The molecule has 0 saturated heterocycles. The molecule has 1 aliphatic heterocycles. The Balaban J connectivity index is 1.66. The van der Waals surface area contributed by atoms with Gasteiger partial charge in [-0.15, -0.1) is 0 Å².